The van der Waals surface area contributed by atoms with Gasteiger partial charge in [-0.2, -0.15) is 4.72 Å². The molecule has 0 fully saturated rings. The summed E-state index contributed by atoms with van der Waals surface area (Å²) in [5.74, 6) is -1.50. The van der Waals surface area contributed by atoms with Crippen molar-refractivity contribution in [2.45, 2.75) is 50.5 Å². The van der Waals surface area contributed by atoms with Crippen LogP contribution < -0.4 is 4.72 Å². The van der Waals surface area contributed by atoms with Gasteiger partial charge in [0.15, 0.2) is 0 Å². The Hall–Kier alpha value is -1.44. The summed E-state index contributed by atoms with van der Waals surface area (Å²) in [6.45, 7) is 3.36. The van der Waals surface area contributed by atoms with Crippen molar-refractivity contribution in [3.05, 3.63) is 28.6 Å². The Morgan fingerprint density at radius 3 is 2.62 bits per heavy atom. The maximum absolute atomic E-state index is 12.6. The van der Waals surface area contributed by atoms with Crippen LogP contribution in [-0.2, 0) is 27.7 Å². The van der Waals surface area contributed by atoms with Crippen LogP contribution in [0.2, 0.25) is 0 Å². The summed E-state index contributed by atoms with van der Waals surface area (Å²) < 4.78 is 28.4. The fraction of sp³-hybridized carbons (Fsp3) is 0.471. The van der Waals surface area contributed by atoms with E-state index in [0.717, 1.165) is 22.9 Å². The molecule has 0 bridgehead atoms. The van der Waals surface area contributed by atoms with Crippen LogP contribution in [0.15, 0.2) is 23.1 Å². The van der Waals surface area contributed by atoms with Crippen molar-refractivity contribution in [2.75, 3.05) is 0 Å². The summed E-state index contributed by atoms with van der Waals surface area (Å²) in [4.78, 5) is 12.7. The number of hydrogen-bond donors (Lipinski definition) is 2. The summed E-state index contributed by atoms with van der Waals surface area (Å²) in [6.07, 6.45) is 4.47. The molecule has 24 heavy (non-hydrogen) atoms. The van der Waals surface area contributed by atoms with Crippen molar-refractivity contribution < 1.29 is 18.3 Å². The third-order valence-corrected chi connectivity index (χ3v) is 7.15. The van der Waals surface area contributed by atoms with E-state index in [2.05, 4.69) is 4.72 Å². The lowest BCUT2D eigenvalue weighted by Crippen LogP contribution is -2.44. The van der Waals surface area contributed by atoms with Gasteiger partial charge in [-0.1, -0.05) is 19.9 Å². The predicted octanol–water partition coefficient (Wildman–Crippen LogP) is 3.17. The van der Waals surface area contributed by atoms with E-state index < -0.39 is 22.0 Å². The fourth-order valence-electron chi connectivity index (χ4n) is 3.12. The topological polar surface area (TPSA) is 83.5 Å². The largest absolute Gasteiger partial charge is 0.480 e. The molecular weight excluding hydrogens is 346 g/mol. The lowest BCUT2D eigenvalue weighted by molar-refractivity contribution is -0.140. The van der Waals surface area contributed by atoms with Crippen LogP contribution in [0.25, 0.3) is 10.1 Å². The van der Waals surface area contributed by atoms with Crippen molar-refractivity contribution in [1.82, 2.24) is 4.72 Å². The molecule has 1 aliphatic carbocycles. The van der Waals surface area contributed by atoms with Gasteiger partial charge in [-0.25, -0.2) is 8.42 Å². The minimum atomic E-state index is -3.87. The quantitative estimate of drug-likeness (QED) is 0.850. The van der Waals surface area contributed by atoms with Crippen LogP contribution >= 0.6 is 11.3 Å². The minimum absolute atomic E-state index is 0.125. The molecule has 0 radical (unpaired) electrons. The van der Waals surface area contributed by atoms with Crippen molar-refractivity contribution in [3.8, 4) is 0 Å². The van der Waals surface area contributed by atoms with Gasteiger partial charge in [0.2, 0.25) is 10.0 Å². The maximum atomic E-state index is 12.6. The molecule has 1 aromatic heterocycles. The van der Waals surface area contributed by atoms with Gasteiger partial charge in [0.05, 0.1) is 4.90 Å². The Morgan fingerprint density at radius 2 is 1.96 bits per heavy atom. The second-order valence-corrected chi connectivity index (χ2v) is 9.40. The van der Waals surface area contributed by atoms with E-state index in [-0.39, 0.29) is 10.8 Å². The smallest absolute Gasteiger partial charge is 0.322 e. The molecule has 1 aromatic carbocycles. The standard InChI is InChI=1S/C17H21NO4S2/c1-10(2)16(17(19)20)18-24(21,22)11-7-8-13-12-5-3-4-6-14(12)23-15(13)9-11/h7-10,16,18H,3-6H2,1-2H3,(H,19,20)/t16-/m1/s1. The van der Waals surface area contributed by atoms with Crippen molar-refractivity contribution >= 4 is 37.4 Å². The molecule has 0 amide bonds. The van der Waals surface area contributed by atoms with E-state index in [0.29, 0.717) is 0 Å². The monoisotopic (exact) mass is 367 g/mol. The first kappa shape index (κ1) is 17.4. The molecule has 0 saturated carbocycles. The number of aliphatic carboxylic acids is 1. The van der Waals surface area contributed by atoms with E-state index in [1.54, 1.807) is 37.3 Å². The molecule has 1 atom stereocenters. The third kappa shape index (κ3) is 3.20. The summed E-state index contributed by atoms with van der Waals surface area (Å²) in [6, 6.07) is 3.96. The Balaban J connectivity index is 1.97. The number of aryl methyl sites for hydroxylation is 2. The van der Waals surface area contributed by atoms with Gasteiger partial charge in [-0.15, -0.1) is 11.3 Å². The van der Waals surface area contributed by atoms with E-state index in [1.807, 2.05) is 6.07 Å². The maximum Gasteiger partial charge on any atom is 0.322 e. The van der Waals surface area contributed by atoms with E-state index in [9.17, 15) is 18.3 Å². The first-order chi connectivity index (χ1) is 11.3. The molecule has 0 saturated heterocycles. The highest BCUT2D eigenvalue weighted by molar-refractivity contribution is 7.89. The Kier molecular flexibility index (Phi) is 4.68. The van der Waals surface area contributed by atoms with Gasteiger partial charge < -0.3 is 5.11 Å². The molecule has 1 aliphatic rings. The summed E-state index contributed by atoms with van der Waals surface area (Å²) in [5.41, 5.74) is 1.35. The Labute approximate surface area is 145 Å². The average molecular weight is 367 g/mol. The van der Waals surface area contributed by atoms with Gasteiger partial charge in [-0.3, -0.25) is 4.79 Å². The summed E-state index contributed by atoms with van der Waals surface area (Å²) >= 11 is 1.65. The van der Waals surface area contributed by atoms with E-state index in [1.165, 1.54) is 23.3 Å². The number of fused-ring (bicyclic) bond motifs is 3. The first-order valence-corrected chi connectivity index (χ1v) is 10.4. The zero-order chi connectivity index (χ0) is 17.5. The molecule has 0 spiro atoms. The highest BCUT2D eigenvalue weighted by Crippen LogP contribution is 2.37. The molecule has 0 unspecified atom stereocenters. The molecule has 130 valence electrons. The molecule has 3 rings (SSSR count). The van der Waals surface area contributed by atoms with E-state index in [4.69, 9.17) is 0 Å². The van der Waals surface area contributed by atoms with Crippen LogP contribution in [0.1, 0.15) is 37.1 Å². The van der Waals surface area contributed by atoms with Crippen LogP contribution in [0.4, 0.5) is 0 Å². The zero-order valence-corrected chi connectivity index (χ0v) is 15.3. The van der Waals surface area contributed by atoms with Crippen LogP contribution in [-0.4, -0.2) is 25.5 Å². The lowest BCUT2D eigenvalue weighted by Gasteiger charge is -2.18. The highest BCUT2D eigenvalue weighted by Gasteiger charge is 2.28. The van der Waals surface area contributed by atoms with Crippen molar-refractivity contribution in [1.29, 1.82) is 0 Å². The number of rotatable bonds is 5. The first-order valence-electron chi connectivity index (χ1n) is 8.09. The van der Waals surface area contributed by atoms with Gasteiger partial charge in [0.25, 0.3) is 0 Å². The zero-order valence-electron chi connectivity index (χ0n) is 13.7. The van der Waals surface area contributed by atoms with Crippen molar-refractivity contribution in [3.63, 3.8) is 0 Å². The second-order valence-electron chi connectivity index (χ2n) is 6.55. The third-order valence-electron chi connectivity index (χ3n) is 4.45. The normalized spacial score (nSPS) is 16.3. The second kappa shape index (κ2) is 6.46. The Bertz CT molecular complexity index is 883. The molecule has 1 heterocycles. The Morgan fingerprint density at radius 1 is 1.25 bits per heavy atom. The number of carbonyl (C=O) groups is 1. The SMILES string of the molecule is CC(C)[C@@H](NS(=O)(=O)c1ccc2c3c(sc2c1)CCCC3)C(=O)O. The molecule has 0 aliphatic heterocycles. The highest BCUT2D eigenvalue weighted by atomic mass is 32.2. The van der Waals surface area contributed by atoms with Crippen LogP contribution in [0.5, 0.6) is 0 Å². The van der Waals surface area contributed by atoms with Gasteiger partial charge in [0, 0.05) is 9.58 Å². The molecular formula is C17H21NO4S2. The number of benzene rings is 1. The van der Waals surface area contributed by atoms with E-state index >= 15 is 0 Å². The molecule has 2 aromatic rings. The molecule has 7 heteroatoms. The molecule has 2 N–H and O–H groups in total. The average Bonchev–Trinajstić information content (AvgIpc) is 2.89. The van der Waals surface area contributed by atoms with Crippen LogP contribution in [0, 0.1) is 5.92 Å². The van der Waals surface area contributed by atoms with Gasteiger partial charge >= 0.3 is 5.97 Å². The fourth-order valence-corrected chi connectivity index (χ4v) is 5.89. The number of thiophene rings is 1. The summed E-state index contributed by atoms with van der Waals surface area (Å²) in [5, 5.41) is 10.3. The number of nitrogens with one attached hydrogen (secondary N) is 1. The lowest BCUT2D eigenvalue weighted by atomic mass is 9.96. The van der Waals surface area contributed by atoms with Gasteiger partial charge in [-0.05, 0) is 54.7 Å². The number of hydrogen-bond acceptors (Lipinski definition) is 4. The number of carboxylic acid groups (broad SMARTS) is 1. The van der Waals surface area contributed by atoms with Crippen molar-refractivity contribution in [2.24, 2.45) is 5.92 Å². The minimum Gasteiger partial charge on any atom is -0.480 e. The van der Waals surface area contributed by atoms with Gasteiger partial charge in [0.1, 0.15) is 6.04 Å². The summed E-state index contributed by atoms with van der Waals surface area (Å²) in [7, 11) is -3.87. The predicted molar refractivity (Wildman–Crippen MR) is 95.1 cm³/mol. The molecule has 5 nitrogen and oxygen atoms in total. The van der Waals surface area contributed by atoms with Crippen LogP contribution in [0.3, 0.4) is 0 Å². The number of carboxylic acids is 1. The number of sulfonamides is 1.